The van der Waals surface area contributed by atoms with Crippen molar-refractivity contribution in [1.82, 2.24) is 4.98 Å². The van der Waals surface area contributed by atoms with Crippen molar-refractivity contribution in [1.29, 1.82) is 0 Å². The highest BCUT2D eigenvalue weighted by atomic mass is 32.2. The Bertz CT molecular complexity index is 1450. The van der Waals surface area contributed by atoms with Crippen molar-refractivity contribution >= 4 is 33.0 Å². The summed E-state index contributed by atoms with van der Waals surface area (Å²) in [5.74, 6) is -0.0986. The third kappa shape index (κ3) is 4.29. The summed E-state index contributed by atoms with van der Waals surface area (Å²) in [6.45, 7) is 0. The van der Waals surface area contributed by atoms with Gasteiger partial charge in [0.25, 0.3) is 10.0 Å². The molecule has 0 unspecified atom stereocenters. The predicted octanol–water partition coefficient (Wildman–Crippen LogP) is 5.92. The van der Waals surface area contributed by atoms with Gasteiger partial charge in [0.05, 0.1) is 18.4 Å². The van der Waals surface area contributed by atoms with E-state index < -0.39 is 27.4 Å². The van der Waals surface area contributed by atoms with Crippen LogP contribution >= 0.6 is 11.3 Å². The number of hydrogen-bond acceptors (Lipinski definition) is 6. The Hall–Kier alpha value is -2.98. The Balaban J connectivity index is 1.23. The van der Waals surface area contributed by atoms with Crippen molar-refractivity contribution in [3.8, 4) is 16.3 Å². The summed E-state index contributed by atoms with van der Waals surface area (Å²) in [5, 5.41) is 10.9. The van der Waals surface area contributed by atoms with Gasteiger partial charge in [-0.15, -0.1) is 11.3 Å². The maximum Gasteiger partial charge on any atom is 0.338 e. The van der Waals surface area contributed by atoms with E-state index in [1.807, 2.05) is 12.1 Å². The van der Waals surface area contributed by atoms with Crippen molar-refractivity contribution in [2.75, 3.05) is 11.8 Å². The standard InChI is InChI=1S/C27H27FN2O5S2/c1-35-23-9-20(26(31)32)21(28)10-22(23)30-37(33,34)24-14-36-25(29-24)18-2-4-19(5-3-18)27-11-15-6-16(12-27)8-17(7-15)13-27/h2-5,9-10,14-17,30H,6-8,11-13H2,1H3,(H,31,32)/t15-,16-,17?,27?/m1/s1. The van der Waals surface area contributed by atoms with Gasteiger partial charge in [0.2, 0.25) is 0 Å². The van der Waals surface area contributed by atoms with Crippen LogP contribution in [0.25, 0.3) is 10.6 Å². The van der Waals surface area contributed by atoms with E-state index in [0.717, 1.165) is 35.4 Å². The van der Waals surface area contributed by atoms with Crippen LogP contribution in [0.1, 0.15) is 54.4 Å². The number of ether oxygens (including phenoxy) is 1. The quantitative estimate of drug-likeness (QED) is 0.384. The molecule has 194 valence electrons. The van der Waals surface area contributed by atoms with Crippen LogP contribution < -0.4 is 9.46 Å². The average Bonchev–Trinajstić information content (AvgIpc) is 3.35. The number of nitrogens with one attached hydrogen (secondary N) is 1. The number of nitrogens with zero attached hydrogens (tertiary/aromatic N) is 1. The van der Waals surface area contributed by atoms with Crippen LogP contribution in [0.15, 0.2) is 46.8 Å². The number of rotatable bonds is 7. The predicted molar refractivity (Wildman–Crippen MR) is 138 cm³/mol. The van der Waals surface area contributed by atoms with E-state index in [4.69, 9.17) is 9.84 Å². The van der Waals surface area contributed by atoms with E-state index in [1.54, 1.807) is 0 Å². The summed E-state index contributed by atoms with van der Waals surface area (Å²) in [4.78, 5) is 15.5. The number of halogens is 1. The summed E-state index contributed by atoms with van der Waals surface area (Å²) in [5.41, 5.74) is 1.70. The molecular formula is C27H27FN2O5S2. The van der Waals surface area contributed by atoms with Crippen molar-refractivity contribution in [2.45, 2.75) is 49.0 Å². The number of anilines is 1. The molecule has 10 heteroatoms. The lowest BCUT2D eigenvalue weighted by molar-refractivity contribution is -0.00518. The SMILES string of the molecule is COc1cc(C(=O)O)c(F)cc1NS(=O)(=O)c1csc(-c2ccc(C34CC5C[C@H](C3)C[C@H](C5)C4)cc2)n1. The maximum absolute atomic E-state index is 14.2. The zero-order valence-corrected chi connectivity index (χ0v) is 21.9. The molecule has 2 N–H and O–H groups in total. The van der Waals surface area contributed by atoms with Crippen LogP contribution in [-0.4, -0.2) is 31.6 Å². The molecule has 0 spiro atoms. The lowest BCUT2D eigenvalue weighted by Gasteiger charge is -2.57. The van der Waals surface area contributed by atoms with Gasteiger partial charge in [-0.2, -0.15) is 8.42 Å². The third-order valence-corrected chi connectivity index (χ3v) is 10.6. The summed E-state index contributed by atoms with van der Waals surface area (Å²) in [6, 6.07) is 10.2. The first-order valence-corrected chi connectivity index (χ1v) is 14.7. The molecule has 4 bridgehead atoms. The van der Waals surface area contributed by atoms with E-state index in [0.29, 0.717) is 10.4 Å². The molecule has 0 amide bonds. The second kappa shape index (κ2) is 8.80. The molecule has 7 rings (SSSR count). The third-order valence-electron chi connectivity index (χ3n) is 8.30. The Labute approximate surface area is 218 Å². The number of sulfonamides is 1. The Morgan fingerprint density at radius 3 is 2.30 bits per heavy atom. The summed E-state index contributed by atoms with van der Waals surface area (Å²) >= 11 is 1.21. The van der Waals surface area contributed by atoms with Gasteiger partial charge >= 0.3 is 5.97 Å². The van der Waals surface area contributed by atoms with E-state index >= 15 is 0 Å². The van der Waals surface area contributed by atoms with Crippen LogP contribution in [0.4, 0.5) is 10.1 Å². The number of hydrogen-bond donors (Lipinski definition) is 2. The summed E-state index contributed by atoms with van der Waals surface area (Å²) < 4.78 is 47.5. The minimum Gasteiger partial charge on any atom is -0.495 e. The maximum atomic E-state index is 14.2. The Morgan fingerprint density at radius 1 is 1.11 bits per heavy atom. The molecule has 4 aliphatic carbocycles. The van der Waals surface area contributed by atoms with Crippen molar-refractivity contribution in [2.24, 2.45) is 17.8 Å². The molecule has 4 aliphatic rings. The van der Waals surface area contributed by atoms with Crippen LogP contribution in [0.3, 0.4) is 0 Å². The number of aromatic nitrogens is 1. The van der Waals surface area contributed by atoms with E-state index in [-0.39, 0.29) is 16.5 Å². The minimum atomic E-state index is -4.17. The van der Waals surface area contributed by atoms with Crippen molar-refractivity contribution < 1.29 is 27.4 Å². The monoisotopic (exact) mass is 542 g/mol. The topological polar surface area (TPSA) is 106 Å². The first kappa shape index (κ1) is 24.4. The van der Waals surface area contributed by atoms with E-state index in [9.17, 15) is 17.6 Å². The zero-order chi connectivity index (χ0) is 25.9. The van der Waals surface area contributed by atoms with Gasteiger partial charge in [-0.05, 0) is 73.3 Å². The molecule has 2 aromatic carbocycles. The minimum absolute atomic E-state index is 0.113. The van der Waals surface area contributed by atoms with Crippen LogP contribution in [0.2, 0.25) is 0 Å². The van der Waals surface area contributed by atoms with Crippen LogP contribution in [0.5, 0.6) is 5.75 Å². The fourth-order valence-electron chi connectivity index (χ4n) is 7.11. The number of thiazole rings is 1. The highest BCUT2D eigenvalue weighted by Gasteiger charge is 2.51. The van der Waals surface area contributed by atoms with Crippen LogP contribution in [-0.2, 0) is 15.4 Å². The first-order valence-electron chi connectivity index (χ1n) is 12.4. The first-order chi connectivity index (χ1) is 17.7. The Morgan fingerprint density at radius 2 is 1.73 bits per heavy atom. The van der Waals surface area contributed by atoms with Gasteiger partial charge in [-0.3, -0.25) is 4.72 Å². The molecule has 1 aromatic heterocycles. The largest absolute Gasteiger partial charge is 0.495 e. The fourth-order valence-corrected chi connectivity index (χ4v) is 9.27. The van der Waals surface area contributed by atoms with Gasteiger partial charge in [0.15, 0.2) is 5.03 Å². The van der Waals surface area contributed by atoms with E-state index in [2.05, 4.69) is 21.8 Å². The smallest absolute Gasteiger partial charge is 0.338 e. The molecular weight excluding hydrogens is 515 g/mol. The molecule has 3 aromatic rings. The molecule has 7 nitrogen and oxygen atoms in total. The molecule has 37 heavy (non-hydrogen) atoms. The highest BCUT2D eigenvalue weighted by Crippen LogP contribution is 2.60. The fraction of sp³-hybridized carbons (Fsp3) is 0.407. The zero-order valence-electron chi connectivity index (χ0n) is 20.2. The number of aromatic carboxylic acids is 1. The molecule has 0 atom stereocenters. The van der Waals surface area contributed by atoms with Gasteiger partial charge in [-0.1, -0.05) is 24.3 Å². The van der Waals surface area contributed by atoms with Crippen molar-refractivity contribution in [3.63, 3.8) is 0 Å². The molecule has 0 aliphatic heterocycles. The lowest BCUT2D eigenvalue weighted by Crippen LogP contribution is -2.48. The number of benzene rings is 2. The molecule has 0 saturated heterocycles. The van der Waals surface area contributed by atoms with Gasteiger partial charge in [0.1, 0.15) is 16.6 Å². The summed E-state index contributed by atoms with van der Waals surface area (Å²) in [6.07, 6.45) is 8.02. The second-order valence-corrected chi connectivity index (χ2v) is 13.2. The Kier molecular flexibility index (Phi) is 5.80. The number of methoxy groups -OCH3 is 1. The number of carboxylic acids is 1. The van der Waals surface area contributed by atoms with Crippen LogP contribution in [0, 0.1) is 23.6 Å². The highest BCUT2D eigenvalue weighted by molar-refractivity contribution is 7.92. The number of carbonyl (C=O) groups is 1. The van der Waals surface area contributed by atoms with E-state index in [1.165, 1.54) is 67.9 Å². The molecule has 4 fully saturated rings. The van der Waals surface area contributed by atoms with Crippen molar-refractivity contribution in [3.05, 3.63) is 58.7 Å². The molecule has 4 saturated carbocycles. The normalized spacial score (nSPS) is 26.3. The van der Waals surface area contributed by atoms with Gasteiger partial charge < -0.3 is 9.84 Å². The molecule has 1 heterocycles. The molecule has 0 radical (unpaired) electrons. The second-order valence-electron chi connectivity index (χ2n) is 10.7. The number of carboxylic acid groups (broad SMARTS) is 1. The average molecular weight is 543 g/mol. The van der Waals surface area contributed by atoms with Gasteiger partial charge in [0, 0.05) is 17.0 Å². The van der Waals surface area contributed by atoms with Gasteiger partial charge in [-0.25, -0.2) is 14.2 Å². The lowest BCUT2D eigenvalue weighted by atomic mass is 9.48. The summed E-state index contributed by atoms with van der Waals surface area (Å²) in [7, 11) is -2.93.